The summed E-state index contributed by atoms with van der Waals surface area (Å²) in [6.45, 7) is 3.92. The lowest BCUT2D eigenvalue weighted by Gasteiger charge is -2.26. The number of rotatable bonds is 2. The van der Waals surface area contributed by atoms with Gasteiger partial charge in [-0.05, 0) is 25.7 Å². The highest BCUT2D eigenvalue weighted by Crippen LogP contribution is 2.17. The van der Waals surface area contributed by atoms with Gasteiger partial charge in [0.25, 0.3) is 0 Å². The first-order chi connectivity index (χ1) is 4.84. The molecule has 0 aliphatic carbocycles. The second-order valence-corrected chi connectivity index (χ2v) is 2.91. The fourth-order valence-electron chi connectivity index (χ4n) is 1.35. The van der Waals surface area contributed by atoms with Gasteiger partial charge in [0, 0.05) is 19.3 Å². The van der Waals surface area contributed by atoms with Crippen LogP contribution in [-0.4, -0.2) is 19.3 Å². The molecule has 1 rings (SSSR count). The van der Waals surface area contributed by atoms with Gasteiger partial charge in [-0.1, -0.05) is 0 Å². The standard InChI is InChI=1S/C7H16N2O.2ClH/c1-6(9-8)7-2-4-10-5-3-7;;/h6-7,9H,2-5,8H2,1H3;2*1H. The third kappa shape index (κ3) is 4.48. The normalized spacial score (nSPS) is 20.5. The van der Waals surface area contributed by atoms with Crippen molar-refractivity contribution in [2.24, 2.45) is 11.8 Å². The Morgan fingerprint density at radius 1 is 1.33 bits per heavy atom. The maximum atomic E-state index is 5.31. The summed E-state index contributed by atoms with van der Waals surface area (Å²) in [6.07, 6.45) is 2.29. The van der Waals surface area contributed by atoms with E-state index in [0.29, 0.717) is 12.0 Å². The molecule has 3 N–H and O–H groups in total. The second kappa shape index (κ2) is 8.08. The van der Waals surface area contributed by atoms with E-state index >= 15 is 0 Å². The van der Waals surface area contributed by atoms with Gasteiger partial charge < -0.3 is 4.74 Å². The maximum absolute atomic E-state index is 5.31. The fraction of sp³-hybridized carbons (Fsp3) is 1.00. The molecule has 1 saturated heterocycles. The summed E-state index contributed by atoms with van der Waals surface area (Å²) < 4.78 is 5.23. The van der Waals surface area contributed by atoms with Crippen molar-refractivity contribution in [3.8, 4) is 0 Å². The van der Waals surface area contributed by atoms with Crippen molar-refractivity contribution in [3.05, 3.63) is 0 Å². The van der Waals surface area contributed by atoms with Crippen molar-refractivity contribution < 1.29 is 4.74 Å². The van der Waals surface area contributed by atoms with E-state index < -0.39 is 0 Å². The van der Waals surface area contributed by atoms with Crippen molar-refractivity contribution >= 4 is 24.8 Å². The van der Waals surface area contributed by atoms with E-state index in [-0.39, 0.29) is 24.8 Å². The highest BCUT2D eigenvalue weighted by molar-refractivity contribution is 5.85. The van der Waals surface area contributed by atoms with Gasteiger partial charge in [0.1, 0.15) is 0 Å². The Balaban J connectivity index is 0. The van der Waals surface area contributed by atoms with Crippen LogP contribution in [0, 0.1) is 5.92 Å². The maximum Gasteiger partial charge on any atom is 0.0469 e. The summed E-state index contributed by atoms with van der Waals surface area (Å²) >= 11 is 0. The smallest absolute Gasteiger partial charge is 0.0469 e. The SMILES string of the molecule is CC(NN)C1CCOCC1.Cl.Cl. The summed E-state index contributed by atoms with van der Waals surface area (Å²) in [5, 5.41) is 0. The van der Waals surface area contributed by atoms with Crippen LogP contribution in [0.3, 0.4) is 0 Å². The van der Waals surface area contributed by atoms with Gasteiger partial charge in [-0.2, -0.15) is 0 Å². The van der Waals surface area contributed by atoms with E-state index in [0.717, 1.165) is 26.1 Å². The van der Waals surface area contributed by atoms with Crippen LogP contribution >= 0.6 is 24.8 Å². The molecule has 0 aromatic rings. The van der Waals surface area contributed by atoms with Crippen LogP contribution in [0.2, 0.25) is 0 Å². The zero-order chi connectivity index (χ0) is 7.40. The number of hydrogen-bond acceptors (Lipinski definition) is 3. The molecule has 1 atom stereocenters. The minimum Gasteiger partial charge on any atom is -0.381 e. The first-order valence-corrected chi connectivity index (χ1v) is 3.88. The second-order valence-electron chi connectivity index (χ2n) is 2.91. The first kappa shape index (κ1) is 15.0. The molecule has 0 saturated carbocycles. The molecule has 5 heteroatoms. The van der Waals surface area contributed by atoms with E-state index in [4.69, 9.17) is 10.6 Å². The molecular formula is C7H18Cl2N2O. The van der Waals surface area contributed by atoms with Crippen molar-refractivity contribution in [3.63, 3.8) is 0 Å². The van der Waals surface area contributed by atoms with Gasteiger partial charge in [-0.25, -0.2) is 0 Å². The Morgan fingerprint density at radius 2 is 1.83 bits per heavy atom. The van der Waals surface area contributed by atoms with Crippen LogP contribution in [-0.2, 0) is 4.74 Å². The molecule has 1 fully saturated rings. The van der Waals surface area contributed by atoms with E-state index in [1.807, 2.05) is 0 Å². The number of hydrazine groups is 1. The summed E-state index contributed by atoms with van der Waals surface area (Å²) in [4.78, 5) is 0. The van der Waals surface area contributed by atoms with Crippen molar-refractivity contribution in [2.75, 3.05) is 13.2 Å². The monoisotopic (exact) mass is 216 g/mol. The summed E-state index contributed by atoms with van der Waals surface area (Å²) in [5.74, 6) is 6.02. The lowest BCUT2D eigenvalue weighted by atomic mass is 9.93. The highest BCUT2D eigenvalue weighted by atomic mass is 35.5. The molecule has 1 unspecified atom stereocenters. The van der Waals surface area contributed by atoms with Crippen molar-refractivity contribution in [1.29, 1.82) is 0 Å². The molecule has 1 heterocycles. The largest absolute Gasteiger partial charge is 0.381 e. The summed E-state index contributed by atoms with van der Waals surface area (Å²) in [7, 11) is 0. The number of nitrogens with two attached hydrogens (primary N) is 1. The third-order valence-electron chi connectivity index (χ3n) is 2.24. The molecule has 3 nitrogen and oxygen atoms in total. The van der Waals surface area contributed by atoms with Gasteiger partial charge in [0.2, 0.25) is 0 Å². The molecular weight excluding hydrogens is 199 g/mol. The molecule has 1 aliphatic rings. The molecule has 1 aliphatic heterocycles. The first-order valence-electron chi connectivity index (χ1n) is 3.88. The topological polar surface area (TPSA) is 47.3 Å². The predicted octanol–water partition coefficient (Wildman–Crippen LogP) is 1.11. The third-order valence-corrected chi connectivity index (χ3v) is 2.24. The van der Waals surface area contributed by atoms with Gasteiger partial charge in [-0.3, -0.25) is 11.3 Å². The van der Waals surface area contributed by atoms with Crippen LogP contribution in [0.15, 0.2) is 0 Å². The van der Waals surface area contributed by atoms with E-state index in [9.17, 15) is 0 Å². The number of nitrogens with one attached hydrogen (secondary N) is 1. The van der Waals surface area contributed by atoms with Crippen LogP contribution < -0.4 is 11.3 Å². The van der Waals surface area contributed by atoms with Crippen LogP contribution in [0.5, 0.6) is 0 Å². The van der Waals surface area contributed by atoms with Gasteiger partial charge >= 0.3 is 0 Å². The lowest BCUT2D eigenvalue weighted by molar-refractivity contribution is 0.0560. The zero-order valence-corrected chi connectivity index (χ0v) is 8.92. The van der Waals surface area contributed by atoms with Gasteiger partial charge in [0.15, 0.2) is 0 Å². The van der Waals surface area contributed by atoms with Crippen LogP contribution in [0.25, 0.3) is 0 Å². The van der Waals surface area contributed by atoms with Crippen molar-refractivity contribution in [1.82, 2.24) is 5.43 Å². The lowest BCUT2D eigenvalue weighted by Crippen LogP contribution is -2.40. The molecule has 0 bridgehead atoms. The number of ether oxygens (including phenoxy) is 1. The van der Waals surface area contributed by atoms with Gasteiger partial charge in [0.05, 0.1) is 0 Å². The Labute approximate surface area is 86.2 Å². The molecule has 0 spiro atoms. The van der Waals surface area contributed by atoms with E-state index in [1.54, 1.807) is 0 Å². The molecule has 0 amide bonds. The van der Waals surface area contributed by atoms with Gasteiger partial charge in [-0.15, -0.1) is 24.8 Å². The van der Waals surface area contributed by atoms with Crippen LogP contribution in [0.1, 0.15) is 19.8 Å². The Kier molecular flexibility index (Phi) is 10.1. The van der Waals surface area contributed by atoms with Crippen molar-refractivity contribution in [2.45, 2.75) is 25.8 Å². The van der Waals surface area contributed by atoms with E-state index in [1.165, 1.54) is 0 Å². The molecule has 0 aromatic carbocycles. The molecule has 0 aromatic heterocycles. The molecule has 76 valence electrons. The summed E-state index contributed by atoms with van der Waals surface area (Å²) in [6, 6.07) is 0.434. The minimum atomic E-state index is 0. The molecule has 12 heavy (non-hydrogen) atoms. The fourth-order valence-corrected chi connectivity index (χ4v) is 1.35. The Bertz CT molecular complexity index is 99.4. The van der Waals surface area contributed by atoms with E-state index in [2.05, 4.69) is 12.3 Å². The number of halogens is 2. The average Bonchev–Trinajstić information content (AvgIpc) is 2.05. The number of hydrogen-bond donors (Lipinski definition) is 2. The van der Waals surface area contributed by atoms with Crippen LogP contribution in [0.4, 0.5) is 0 Å². The predicted molar refractivity (Wildman–Crippen MR) is 54.8 cm³/mol. The summed E-state index contributed by atoms with van der Waals surface area (Å²) in [5.41, 5.74) is 2.78. The highest BCUT2D eigenvalue weighted by Gasteiger charge is 2.18. The Hall–Kier alpha value is 0.460. The zero-order valence-electron chi connectivity index (χ0n) is 7.29. The Morgan fingerprint density at radius 3 is 2.25 bits per heavy atom. The average molecular weight is 217 g/mol. The molecule has 0 radical (unpaired) electrons. The quantitative estimate of drug-likeness (QED) is 0.538. The minimum absolute atomic E-state index is 0.